The molecule has 0 unspecified atom stereocenters. The third kappa shape index (κ3) is 3.48. The predicted molar refractivity (Wildman–Crippen MR) is 78.3 cm³/mol. The molecule has 2 aromatic rings. The zero-order chi connectivity index (χ0) is 14.5. The molecule has 0 aliphatic rings. The lowest BCUT2D eigenvalue weighted by Crippen LogP contribution is -2.26. The number of carbonyl (C=O) groups excluding carboxylic acids is 1. The summed E-state index contributed by atoms with van der Waals surface area (Å²) in [6, 6.07) is 11.6. The molecule has 3 N–H and O–H groups in total. The Balaban J connectivity index is 1.94. The van der Waals surface area contributed by atoms with Gasteiger partial charge in [0.25, 0.3) is 5.91 Å². The zero-order valence-electron chi connectivity index (χ0n) is 10.7. The van der Waals surface area contributed by atoms with Crippen molar-refractivity contribution in [2.75, 3.05) is 12.3 Å². The maximum absolute atomic E-state index is 13.3. The average molecular weight is 293 g/mol. The van der Waals surface area contributed by atoms with Gasteiger partial charge in [-0.2, -0.15) is 0 Å². The molecule has 1 amide bonds. The maximum Gasteiger partial charge on any atom is 0.253 e. The first-order chi connectivity index (χ1) is 9.58. The number of nitrogens with one attached hydrogen (secondary N) is 1. The first-order valence-electron chi connectivity index (χ1n) is 6.14. The summed E-state index contributed by atoms with van der Waals surface area (Å²) >= 11 is 5.87. The van der Waals surface area contributed by atoms with Crippen LogP contribution >= 0.6 is 11.6 Å². The van der Waals surface area contributed by atoms with Crippen molar-refractivity contribution in [3.63, 3.8) is 0 Å². The number of amides is 1. The van der Waals surface area contributed by atoms with Crippen molar-refractivity contribution in [2.45, 2.75) is 6.42 Å². The summed E-state index contributed by atoms with van der Waals surface area (Å²) in [6.07, 6.45) is 0.640. The van der Waals surface area contributed by atoms with Crippen LogP contribution in [-0.4, -0.2) is 12.5 Å². The lowest BCUT2D eigenvalue weighted by atomic mass is 10.1. The molecule has 5 heteroatoms. The minimum atomic E-state index is -0.590. The molecule has 0 spiro atoms. The van der Waals surface area contributed by atoms with Gasteiger partial charge in [0.05, 0.1) is 11.3 Å². The lowest BCUT2D eigenvalue weighted by molar-refractivity contribution is 0.0954. The SMILES string of the molecule is Nc1c(F)cccc1C(=O)NCCc1cccc(Cl)c1. The Labute approximate surface area is 121 Å². The summed E-state index contributed by atoms with van der Waals surface area (Å²) in [5.74, 6) is -0.975. The van der Waals surface area contributed by atoms with Crippen molar-refractivity contribution in [1.29, 1.82) is 0 Å². The second kappa shape index (κ2) is 6.39. The Hall–Kier alpha value is -2.07. The predicted octanol–water partition coefficient (Wildman–Crippen LogP) is 3.03. The van der Waals surface area contributed by atoms with Crippen LogP contribution in [0.3, 0.4) is 0 Å². The molecule has 0 fully saturated rings. The average Bonchev–Trinajstić information content (AvgIpc) is 2.42. The van der Waals surface area contributed by atoms with Gasteiger partial charge in [0.2, 0.25) is 0 Å². The summed E-state index contributed by atoms with van der Waals surface area (Å²) < 4.78 is 13.3. The monoisotopic (exact) mass is 292 g/mol. The number of benzene rings is 2. The molecule has 2 aromatic carbocycles. The van der Waals surface area contributed by atoms with Gasteiger partial charge in [-0.1, -0.05) is 29.8 Å². The molecule has 0 aliphatic carbocycles. The number of carbonyl (C=O) groups is 1. The highest BCUT2D eigenvalue weighted by molar-refractivity contribution is 6.30. The summed E-state index contributed by atoms with van der Waals surface area (Å²) in [7, 11) is 0. The number of halogens is 2. The Bertz CT molecular complexity index is 631. The van der Waals surface area contributed by atoms with Gasteiger partial charge in [-0.15, -0.1) is 0 Å². The topological polar surface area (TPSA) is 55.1 Å². The molecule has 2 rings (SSSR count). The van der Waals surface area contributed by atoms with Gasteiger partial charge in [-0.05, 0) is 36.2 Å². The van der Waals surface area contributed by atoms with E-state index in [1.54, 1.807) is 6.07 Å². The lowest BCUT2D eigenvalue weighted by Gasteiger charge is -2.08. The quantitative estimate of drug-likeness (QED) is 0.851. The van der Waals surface area contributed by atoms with Crippen LogP contribution in [-0.2, 0) is 6.42 Å². The van der Waals surface area contributed by atoms with Crippen molar-refractivity contribution in [3.05, 3.63) is 64.4 Å². The molecule has 0 radical (unpaired) electrons. The minimum absolute atomic E-state index is 0.132. The van der Waals surface area contributed by atoms with Crippen LogP contribution < -0.4 is 11.1 Å². The van der Waals surface area contributed by atoms with Crippen molar-refractivity contribution in [1.82, 2.24) is 5.32 Å². The highest BCUT2D eigenvalue weighted by Crippen LogP contribution is 2.15. The highest BCUT2D eigenvalue weighted by atomic mass is 35.5. The number of hydrogen-bond acceptors (Lipinski definition) is 2. The van der Waals surface area contributed by atoms with E-state index in [1.807, 2.05) is 18.2 Å². The van der Waals surface area contributed by atoms with Gasteiger partial charge in [-0.3, -0.25) is 4.79 Å². The molecular weight excluding hydrogens is 279 g/mol. The normalized spacial score (nSPS) is 10.3. The number of nitrogens with two attached hydrogens (primary N) is 1. The summed E-state index contributed by atoms with van der Waals surface area (Å²) in [5, 5.41) is 3.36. The molecule has 0 saturated carbocycles. The number of anilines is 1. The van der Waals surface area contributed by atoms with E-state index in [2.05, 4.69) is 5.32 Å². The Morgan fingerprint density at radius 1 is 1.25 bits per heavy atom. The smallest absolute Gasteiger partial charge is 0.253 e. The van der Waals surface area contributed by atoms with E-state index >= 15 is 0 Å². The molecular formula is C15H14ClFN2O. The first-order valence-corrected chi connectivity index (χ1v) is 6.52. The number of rotatable bonds is 4. The molecule has 0 bridgehead atoms. The fourth-order valence-electron chi connectivity index (χ4n) is 1.84. The van der Waals surface area contributed by atoms with E-state index in [0.717, 1.165) is 5.56 Å². The molecule has 104 valence electrons. The van der Waals surface area contributed by atoms with Gasteiger partial charge in [0, 0.05) is 11.6 Å². The molecule has 0 aromatic heterocycles. The standard InChI is InChI=1S/C15H14ClFN2O/c16-11-4-1-3-10(9-11)7-8-19-15(20)12-5-2-6-13(17)14(12)18/h1-6,9H,7-8,18H2,(H,19,20). The van der Waals surface area contributed by atoms with Crippen LogP contribution in [0.4, 0.5) is 10.1 Å². The fourth-order valence-corrected chi connectivity index (χ4v) is 2.06. The maximum atomic E-state index is 13.3. The van der Waals surface area contributed by atoms with E-state index in [4.69, 9.17) is 17.3 Å². The van der Waals surface area contributed by atoms with Gasteiger partial charge >= 0.3 is 0 Å². The van der Waals surface area contributed by atoms with Gasteiger partial charge < -0.3 is 11.1 Å². The molecule has 0 saturated heterocycles. The van der Waals surface area contributed by atoms with Crippen LogP contribution in [0.25, 0.3) is 0 Å². The third-order valence-electron chi connectivity index (χ3n) is 2.89. The fraction of sp³-hybridized carbons (Fsp3) is 0.133. The van der Waals surface area contributed by atoms with Crippen LogP contribution in [0.15, 0.2) is 42.5 Å². The summed E-state index contributed by atoms with van der Waals surface area (Å²) in [5.41, 5.74) is 6.57. The van der Waals surface area contributed by atoms with Crippen LogP contribution in [0.1, 0.15) is 15.9 Å². The van der Waals surface area contributed by atoms with Crippen molar-refractivity contribution in [2.24, 2.45) is 0 Å². The van der Waals surface area contributed by atoms with Crippen LogP contribution in [0.5, 0.6) is 0 Å². The Morgan fingerprint density at radius 2 is 2.00 bits per heavy atom. The second-order valence-electron chi connectivity index (χ2n) is 4.34. The number of nitrogen functional groups attached to an aromatic ring is 1. The van der Waals surface area contributed by atoms with Crippen LogP contribution in [0, 0.1) is 5.82 Å². The van der Waals surface area contributed by atoms with E-state index in [0.29, 0.717) is 18.0 Å². The largest absolute Gasteiger partial charge is 0.396 e. The molecule has 0 atom stereocenters. The Kier molecular flexibility index (Phi) is 4.58. The van der Waals surface area contributed by atoms with Gasteiger partial charge in [-0.25, -0.2) is 4.39 Å². The van der Waals surface area contributed by atoms with E-state index in [1.165, 1.54) is 18.2 Å². The third-order valence-corrected chi connectivity index (χ3v) is 3.12. The van der Waals surface area contributed by atoms with Crippen molar-refractivity contribution < 1.29 is 9.18 Å². The van der Waals surface area contributed by atoms with Crippen LogP contribution in [0.2, 0.25) is 5.02 Å². The van der Waals surface area contributed by atoms with E-state index in [9.17, 15) is 9.18 Å². The van der Waals surface area contributed by atoms with E-state index in [-0.39, 0.29) is 17.2 Å². The molecule has 20 heavy (non-hydrogen) atoms. The first kappa shape index (κ1) is 14.3. The highest BCUT2D eigenvalue weighted by Gasteiger charge is 2.11. The van der Waals surface area contributed by atoms with Crippen molar-refractivity contribution >= 4 is 23.2 Å². The Morgan fingerprint density at radius 3 is 2.75 bits per heavy atom. The summed E-state index contributed by atoms with van der Waals surface area (Å²) in [4.78, 5) is 11.9. The number of hydrogen-bond donors (Lipinski definition) is 2. The second-order valence-corrected chi connectivity index (χ2v) is 4.77. The minimum Gasteiger partial charge on any atom is -0.396 e. The van der Waals surface area contributed by atoms with Gasteiger partial charge in [0.15, 0.2) is 0 Å². The molecule has 3 nitrogen and oxygen atoms in total. The molecule has 0 heterocycles. The molecule has 0 aliphatic heterocycles. The zero-order valence-corrected chi connectivity index (χ0v) is 11.5. The summed E-state index contributed by atoms with van der Waals surface area (Å²) in [6.45, 7) is 0.426. The van der Waals surface area contributed by atoms with Gasteiger partial charge in [0.1, 0.15) is 5.82 Å². The van der Waals surface area contributed by atoms with Crippen molar-refractivity contribution in [3.8, 4) is 0 Å². The number of para-hydroxylation sites is 1. The van der Waals surface area contributed by atoms with E-state index < -0.39 is 5.82 Å².